The van der Waals surface area contributed by atoms with Crippen LogP contribution in [0.1, 0.15) is 48.3 Å². The zero-order valence-electron chi connectivity index (χ0n) is 69.8. The number of nitrogens with zero attached hydrogens (tertiary/aromatic N) is 4. The van der Waals surface area contributed by atoms with Crippen LogP contribution < -0.4 is 16.4 Å². The minimum atomic E-state index is -0.662. The minimum Gasteiger partial charge on any atom is -0.310 e. The molecule has 0 amide bonds. The van der Waals surface area contributed by atoms with Crippen molar-refractivity contribution >= 4 is 153 Å². The molecule has 15 aromatic carbocycles. The predicted molar refractivity (Wildman–Crippen MR) is 423 cm³/mol. The molecule has 4 nitrogen and oxygen atoms in total. The van der Waals surface area contributed by atoms with Gasteiger partial charge in [-0.25, -0.2) is 0 Å². The molecule has 0 radical (unpaired) electrons. The van der Waals surface area contributed by atoms with Crippen molar-refractivity contribution in [2.24, 2.45) is 0 Å². The standard InChI is InChI=1S/C94H63BN4/c1-94(2,3)90-88-76-42-10-8-34-68(76)64-30-4-6-32-66(64)70-36-12-22-48-84(70)98-86-56-60(58-26-24-28-62(54-58)96-80-44-18-14-38-72(80)73-39-15-19-45-81(73)96)50-52-78(86)95-79-53-51-61(59-27-25-29-63(55-59)97-82-46-20-16-40-74(82)75-41-17-21-47-83(75)97)57-87(79)99-85-49-23-13-37-71(85)67-33-7-5-31-65(67)69-35-9-11-43-77(69)89(90)93(99)91(95)92(88)98/h4-57H,1-3H3/i14D,15D,16D,17D,18D,19D,20D,21D,38D,39D,40D,41D,44D,45D,46D,47D. The maximum atomic E-state index is 9.49. The Hall–Kier alpha value is -12.4. The van der Waals surface area contributed by atoms with Gasteiger partial charge in [0.15, 0.2) is 0 Å². The van der Waals surface area contributed by atoms with Crippen molar-refractivity contribution in [1.82, 2.24) is 18.3 Å². The average molecular weight is 1280 g/mol. The van der Waals surface area contributed by atoms with E-state index in [4.69, 9.17) is 11.0 Å². The third kappa shape index (κ3) is 7.98. The number of fused-ring (bicyclic) bond motifs is 26. The molecule has 5 heteroatoms. The quantitative estimate of drug-likeness (QED) is 0.157. The lowest BCUT2D eigenvalue weighted by molar-refractivity contribution is 0.601. The van der Waals surface area contributed by atoms with E-state index in [-0.39, 0.29) is 43.6 Å². The first-order valence-electron chi connectivity index (χ1n) is 41.4. The van der Waals surface area contributed by atoms with Crippen LogP contribution in [-0.4, -0.2) is 25.0 Å². The molecule has 0 aliphatic carbocycles. The van der Waals surface area contributed by atoms with E-state index in [2.05, 4.69) is 212 Å². The van der Waals surface area contributed by atoms with E-state index in [1.165, 1.54) is 0 Å². The molecule has 0 N–H and O–H groups in total. The highest BCUT2D eigenvalue weighted by Gasteiger charge is 2.42. The van der Waals surface area contributed by atoms with Crippen molar-refractivity contribution in [1.29, 1.82) is 0 Å². The number of benzene rings is 15. The van der Waals surface area contributed by atoms with Gasteiger partial charge in [0, 0.05) is 65.8 Å². The first-order valence-corrected chi connectivity index (χ1v) is 33.4. The summed E-state index contributed by atoms with van der Waals surface area (Å²) in [7, 11) is 0. The Bertz CT molecular complexity index is 7330. The highest BCUT2D eigenvalue weighted by Crippen LogP contribution is 2.48. The summed E-state index contributed by atoms with van der Waals surface area (Å²) in [5, 5.41) is 12.3. The van der Waals surface area contributed by atoms with Crippen molar-refractivity contribution in [3.8, 4) is 45.0 Å². The fourth-order valence-electron chi connectivity index (χ4n) is 16.9. The molecule has 0 atom stereocenters. The molecule has 0 fully saturated rings. The Morgan fingerprint density at radius 3 is 0.960 bits per heavy atom. The molecule has 4 aromatic heterocycles. The Balaban J connectivity index is 0.960. The lowest BCUT2D eigenvalue weighted by Crippen LogP contribution is -2.59. The van der Waals surface area contributed by atoms with Crippen LogP contribution in [-0.2, 0) is 5.41 Å². The number of rotatable bonds is 4. The summed E-state index contributed by atoms with van der Waals surface area (Å²) < 4.78 is 155. The predicted octanol–water partition coefficient (Wildman–Crippen LogP) is 22.7. The summed E-state index contributed by atoms with van der Waals surface area (Å²) in [4.78, 5) is 0. The van der Waals surface area contributed by atoms with E-state index in [9.17, 15) is 11.0 Å². The highest BCUT2D eigenvalue weighted by atomic mass is 15.0. The zero-order valence-corrected chi connectivity index (χ0v) is 53.8. The molecule has 6 heterocycles. The van der Waals surface area contributed by atoms with Gasteiger partial charge in [0.1, 0.15) is 0 Å². The van der Waals surface area contributed by atoms with E-state index in [1.807, 2.05) is 36.4 Å². The molecule has 2 aliphatic heterocycles. The SMILES string of the molecule is [2H]c1c([2H])c([2H])c2c(c1[2H])c1c([2H])c([2H])c([2H])c([2H])c1n2-c1cccc(-c2ccc3c(c2)-n2c4ccccc4c4ccccc4c4ccccc4c4c(C(C)(C)C)c5c6ccccc6c6ccccc6c6ccccc6n6c5c(c42)B3c2ccc(-c3cccc(-n4c5c([2H])c([2H])c([2H])c([2H])c5c5c([2H])c([2H])c([2H])c([2H])c54)c3)cc2-6)c1. The molecule has 0 saturated carbocycles. The molecule has 21 rings (SSSR count). The fourth-order valence-corrected chi connectivity index (χ4v) is 16.9. The molecule has 0 saturated heterocycles. The number of para-hydroxylation sites is 6. The molecule has 0 spiro atoms. The van der Waals surface area contributed by atoms with Gasteiger partial charge in [-0.05, 0) is 165 Å². The van der Waals surface area contributed by atoms with Crippen molar-refractivity contribution in [2.45, 2.75) is 26.2 Å². The Labute approximate surface area is 594 Å². The van der Waals surface area contributed by atoms with Crippen LogP contribution in [0.5, 0.6) is 0 Å². The topological polar surface area (TPSA) is 19.7 Å². The fraction of sp³-hybridized carbons (Fsp3) is 0.0426. The van der Waals surface area contributed by atoms with Gasteiger partial charge in [-0.2, -0.15) is 0 Å². The molecule has 2 aliphatic rings. The van der Waals surface area contributed by atoms with Crippen LogP contribution in [0, 0.1) is 0 Å². The van der Waals surface area contributed by atoms with Gasteiger partial charge in [0.05, 0.1) is 66.1 Å². The monoisotopic (exact) mass is 1270 g/mol. The van der Waals surface area contributed by atoms with Crippen LogP contribution in [0.25, 0.3) is 175 Å². The second kappa shape index (κ2) is 21.0. The van der Waals surface area contributed by atoms with Gasteiger partial charge in [0.25, 0.3) is 6.71 Å². The molecule has 19 aromatic rings. The molecule has 462 valence electrons. The van der Waals surface area contributed by atoms with Gasteiger partial charge in [-0.1, -0.05) is 275 Å². The molecular weight excluding hydrogens is 1200 g/mol. The van der Waals surface area contributed by atoms with Crippen LogP contribution in [0.4, 0.5) is 0 Å². The third-order valence-corrected chi connectivity index (χ3v) is 20.8. The van der Waals surface area contributed by atoms with Gasteiger partial charge in [-0.15, -0.1) is 0 Å². The maximum Gasteiger partial charge on any atom is 0.252 e. The van der Waals surface area contributed by atoms with Crippen LogP contribution in [0.3, 0.4) is 0 Å². The summed E-state index contributed by atoms with van der Waals surface area (Å²) in [6.45, 7) is 6.41. The van der Waals surface area contributed by atoms with Gasteiger partial charge < -0.3 is 18.3 Å². The summed E-state index contributed by atoms with van der Waals surface area (Å²) in [6.07, 6.45) is 0. The van der Waals surface area contributed by atoms with Crippen LogP contribution in [0.15, 0.2) is 327 Å². The summed E-state index contributed by atoms with van der Waals surface area (Å²) in [5.41, 5.74) is 12.7. The van der Waals surface area contributed by atoms with Crippen LogP contribution in [0.2, 0.25) is 0 Å². The van der Waals surface area contributed by atoms with Gasteiger partial charge >= 0.3 is 0 Å². The van der Waals surface area contributed by atoms with Crippen molar-refractivity contribution in [3.63, 3.8) is 0 Å². The van der Waals surface area contributed by atoms with Gasteiger partial charge in [0.2, 0.25) is 0 Å². The Morgan fingerprint density at radius 1 is 0.273 bits per heavy atom. The van der Waals surface area contributed by atoms with Crippen molar-refractivity contribution in [3.05, 3.63) is 333 Å². The lowest BCUT2D eigenvalue weighted by atomic mass is 9.34. The first-order chi connectivity index (χ1) is 55.5. The molecule has 99 heavy (non-hydrogen) atoms. The minimum absolute atomic E-state index is 0.0144. The van der Waals surface area contributed by atoms with E-state index in [0.717, 1.165) is 131 Å². The summed E-state index contributed by atoms with van der Waals surface area (Å²) in [6, 6.07) is 73.2. The summed E-state index contributed by atoms with van der Waals surface area (Å²) in [5.74, 6) is 0. The second-order valence-electron chi connectivity index (χ2n) is 27.0. The smallest absolute Gasteiger partial charge is 0.252 e. The highest BCUT2D eigenvalue weighted by molar-refractivity contribution is 7.00. The summed E-state index contributed by atoms with van der Waals surface area (Å²) >= 11 is 0. The normalized spacial score (nSPS) is 14.8. The largest absolute Gasteiger partial charge is 0.310 e. The first kappa shape index (κ1) is 42.2. The molecule has 0 unspecified atom stereocenters. The van der Waals surface area contributed by atoms with Crippen molar-refractivity contribution in [2.75, 3.05) is 0 Å². The second-order valence-corrected chi connectivity index (χ2v) is 27.0. The molecule has 0 bridgehead atoms. The number of hydrogen-bond acceptors (Lipinski definition) is 0. The Morgan fingerprint density at radius 2 is 0.586 bits per heavy atom. The average Bonchev–Trinajstić information content (AvgIpc) is 1.44. The zero-order chi connectivity index (χ0) is 79.3. The van der Waals surface area contributed by atoms with E-state index >= 15 is 0 Å². The van der Waals surface area contributed by atoms with Gasteiger partial charge in [-0.3, -0.25) is 0 Å². The Kier molecular flexibility index (Phi) is 8.96. The third-order valence-electron chi connectivity index (χ3n) is 20.8. The van der Waals surface area contributed by atoms with E-state index < -0.39 is 109 Å². The number of hydrogen-bond donors (Lipinski definition) is 0. The molecular formula is C94H63BN4. The lowest BCUT2D eigenvalue weighted by Gasteiger charge is -2.38. The van der Waals surface area contributed by atoms with E-state index in [0.29, 0.717) is 22.5 Å². The number of aromatic nitrogens is 4. The van der Waals surface area contributed by atoms with Crippen molar-refractivity contribution < 1.29 is 21.9 Å². The van der Waals surface area contributed by atoms with E-state index in [1.54, 1.807) is 21.3 Å². The van der Waals surface area contributed by atoms with Crippen LogP contribution >= 0.6 is 0 Å². The maximum absolute atomic E-state index is 9.49.